The summed E-state index contributed by atoms with van der Waals surface area (Å²) in [4.78, 5) is 12.9. The topological polar surface area (TPSA) is 65.4 Å². The lowest BCUT2D eigenvalue weighted by molar-refractivity contribution is -0.134. The third-order valence-corrected chi connectivity index (χ3v) is 1.68. The van der Waals surface area contributed by atoms with Gasteiger partial charge in [0.05, 0.1) is 13.2 Å². The first-order valence-electron chi connectivity index (χ1n) is 3.82. The molecule has 1 saturated heterocycles. The van der Waals surface area contributed by atoms with Gasteiger partial charge in [0.25, 0.3) is 0 Å². The summed E-state index contributed by atoms with van der Waals surface area (Å²) in [5, 5.41) is 10.5. The molecule has 12 heavy (non-hydrogen) atoms. The molecule has 0 aromatic heterocycles. The van der Waals surface area contributed by atoms with E-state index in [0.29, 0.717) is 26.3 Å². The van der Waals surface area contributed by atoms with Crippen LogP contribution in [0.25, 0.3) is 0 Å². The number of nitriles is 1. The fourth-order valence-corrected chi connectivity index (χ4v) is 1.04. The summed E-state index contributed by atoms with van der Waals surface area (Å²) in [6.45, 7) is 2.55. The monoisotopic (exact) mass is 169 g/mol. The Balaban J connectivity index is 2.26. The van der Waals surface area contributed by atoms with E-state index in [4.69, 9.17) is 10.00 Å². The highest BCUT2D eigenvalue weighted by Gasteiger charge is 2.15. The maximum atomic E-state index is 11.2. The minimum Gasteiger partial charge on any atom is -0.378 e. The lowest BCUT2D eigenvalue weighted by Crippen LogP contribution is -2.44. The zero-order valence-corrected chi connectivity index (χ0v) is 6.75. The van der Waals surface area contributed by atoms with Crippen LogP contribution in [0.1, 0.15) is 0 Å². The predicted molar refractivity (Wildman–Crippen MR) is 41.0 cm³/mol. The largest absolute Gasteiger partial charge is 0.378 e. The smallest absolute Gasteiger partial charge is 0.242 e. The summed E-state index contributed by atoms with van der Waals surface area (Å²) >= 11 is 0. The Hall–Kier alpha value is -1.28. The molecule has 0 spiro atoms. The predicted octanol–water partition coefficient (Wildman–Crippen LogP) is -1.08. The molecule has 1 fully saturated rings. The van der Waals surface area contributed by atoms with E-state index in [2.05, 4.69) is 5.32 Å². The van der Waals surface area contributed by atoms with Crippen molar-refractivity contribution in [3.8, 4) is 6.19 Å². The van der Waals surface area contributed by atoms with Crippen LogP contribution >= 0.6 is 0 Å². The quantitative estimate of drug-likeness (QED) is 0.421. The molecule has 1 N–H and O–H groups in total. The highest BCUT2D eigenvalue weighted by molar-refractivity contribution is 5.78. The molecule has 0 radical (unpaired) electrons. The molecule has 1 aliphatic rings. The first-order chi connectivity index (χ1) is 5.84. The van der Waals surface area contributed by atoms with Crippen LogP contribution in [0.15, 0.2) is 0 Å². The zero-order valence-electron chi connectivity index (χ0n) is 6.75. The minimum atomic E-state index is -0.0418. The van der Waals surface area contributed by atoms with Crippen LogP contribution in [0.3, 0.4) is 0 Å². The molecule has 0 unspecified atom stereocenters. The highest BCUT2D eigenvalue weighted by Crippen LogP contribution is 1.95. The van der Waals surface area contributed by atoms with Crippen molar-refractivity contribution in [1.82, 2.24) is 10.2 Å². The molecule has 0 atom stereocenters. The van der Waals surface area contributed by atoms with E-state index in [9.17, 15) is 4.79 Å². The third-order valence-electron chi connectivity index (χ3n) is 1.68. The maximum absolute atomic E-state index is 11.2. The fraction of sp³-hybridized carbons (Fsp3) is 0.714. The van der Waals surface area contributed by atoms with Crippen molar-refractivity contribution in [3.63, 3.8) is 0 Å². The number of morpholine rings is 1. The van der Waals surface area contributed by atoms with E-state index >= 15 is 0 Å². The Kier molecular flexibility index (Phi) is 3.35. The van der Waals surface area contributed by atoms with Gasteiger partial charge in [-0.05, 0) is 0 Å². The second-order valence-electron chi connectivity index (χ2n) is 2.46. The van der Waals surface area contributed by atoms with Gasteiger partial charge in [-0.3, -0.25) is 4.79 Å². The van der Waals surface area contributed by atoms with Crippen LogP contribution in [0.5, 0.6) is 0 Å². The van der Waals surface area contributed by atoms with E-state index in [-0.39, 0.29) is 12.5 Å². The van der Waals surface area contributed by atoms with Gasteiger partial charge in [-0.1, -0.05) is 0 Å². The van der Waals surface area contributed by atoms with E-state index in [1.54, 1.807) is 11.1 Å². The molecular weight excluding hydrogens is 158 g/mol. The second-order valence-corrected chi connectivity index (χ2v) is 2.46. The van der Waals surface area contributed by atoms with Gasteiger partial charge in [-0.25, -0.2) is 0 Å². The Morgan fingerprint density at radius 3 is 2.83 bits per heavy atom. The molecule has 1 aliphatic heterocycles. The summed E-state index contributed by atoms with van der Waals surface area (Å²) in [6.07, 6.45) is 1.71. The Labute approximate surface area is 70.9 Å². The molecule has 66 valence electrons. The molecule has 0 aromatic rings. The molecule has 0 aliphatic carbocycles. The number of amides is 1. The molecule has 0 aromatic carbocycles. The first kappa shape index (κ1) is 8.81. The average molecular weight is 169 g/mol. The van der Waals surface area contributed by atoms with Gasteiger partial charge < -0.3 is 15.0 Å². The van der Waals surface area contributed by atoms with Crippen LogP contribution in [0.2, 0.25) is 0 Å². The van der Waals surface area contributed by atoms with Crippen molar-refractivity contribution >= 4 is 5.91 Å². The number of carbonyl (C=O) groups excluding carboxylic acids is 1. The van der Waals surface area contributed by atoms with Gasteiger partial charge in [0.2, 0.25) is 5.91 Å². The van der Waals surface area contributed by atoms with Crippen molar-refractivity contribution in [2.75, 3.05) is 32.8 Å². The Bertz CT molecular complexity index is 193. The number of hydrogen-bond donors (Lipinski definition) is 1. The van der Waals surface area contributed by atoms with Crippen LogP contribution in [0, 0.1) is 11.5 Å². The van der Waals surface area contributed by atoms with E-state index in [1.807, 2.05) is 0 Å². The summed E-state index contributed by atoms with van der Waals surface area (Å²) in [6, 6.07) is 0. The molecule has 5 nitrogen and oxygen atoms in total. The summed E-state index contributed by atoms with van der Waals surface area (Å²) in [5.41, 5.74) is 0. The van der Waals surface area contributed by atoms with Crippen LogP contribution < -0.4 is 5.32 Å². The van der Waals surface area contributed by atoms with Gasteiger partial charge in [0, 0.05) is 13.1 Å². The maximum Gasteiger partial charge on any atom is 0.242 e. The number of hydrogen-bond acceptors (Lipinski definition) is 4. The first-order valence-corrected chi connectivity index (χ1v) is 3.82. The third kappa shape index (κ3) is 2.40. The van der Waals surface area contributed by atoms with Crippen molar-refractivity contribution in [1.29, 1.82) is 5.26 Å². The van der Waals surface area contributed by atoms with Crippen molar-refractivity contribution in [3.05, 3.63) is 0 Å². The standard InChI is InChI=1S/C7H11N3O2/c8-6-9-5-7(11)10-1-3-12-4-2-10/h9H,1-5H2. The number of nitrogens with zero attached hydrogens (tertiary/aromatic N) is 2. The van der Waals surface area contributed by atoms with Gasteiger partial charge in [0.15, 0.2) is 6.19 Å². The molecule has 0 saturated carbocycles. The van der Waals surface area contributed by atoms with Crippen molar-refractivity contribution in [2.45, 2.75) is 0 Å². The van der Waals surface area contributed by atoms with Crippen molar-refractivity contribution < 1.29 is 9.53 Å². The Morgan fingerprint density at radius 2 is 2.25 bits per heavy atom. The number of carbonyl (C=O) groups is 1. The highest BCUT2D eigenvalue weighted by atomic mass is 16.5. The molecule has 1 amide bonds. The number of rotatable bonds is 2. The lowest BCUT2D eigenvalue weighted by atomic mass is 10.4. The van der Waals surface area contributed by atoms with Gasteiger partial charge in [-0.2, -0.15) is 5.26 Å². The van der Waals surface area contributed by atoms with Gasteiger partial charge >= 0.3 is 0 Å². The van der Waals surface area contributed by atoms with Gasteiger partial charge in [-0.15, -0.1) is 0 Å². The van der Waals surface area contributed by atoms with E-state index in [1.165, 1.54) is 0 Å². The number of ether oxygens (including phenoxy) is 1. The summed E-state index contributed by atoms with van der Waals surface area (Å²) < 4.78 is 5.08. The molecular formula is C7H11N3O2. The second kappa shape index (κ2) is 4.57. The lowest BCUT2D eigenvalue weighted by Gasteiger charge is -2.26. The average Bonchev–Trinajstić information content (AvgIpc) is 2.15. The van der Waals surface area contributed by atoms with Crippen LogP contribution in [-0.2, 0) is 9.53 Å². The fourth-order valence-electron chi connectivity index (χ4n) is 1.04. The molecule has 1 heterocycles. The summed E-state index contributed by atoms with van der Waals surface area (Å²) in [5.74, 6) is -0.0418. The van der Waals surface area contributed by atoms with E-state index in [0.717, 1.165) is 0 Å². The molecule has 0 bridgehead atoms. The van der Waals surface area contributed by atoms with Crippen LogP contribution in [-0.4, -0.2) is 43.7 Å². The van der Waals surface area contributed by atoms with E-state index < -0.39 is 0 Å². The van der Waals surface area contributed by atoms with Crippen LogP contribution in [0.4, 0.5) is 0 Å². The van der Waals surface area contributed by atoms with Gasteiger partial charge in [0.1, 0.15) is 6.54 Å². The zero-order chi connectivity index (χ0) is 8.81. The Morgan fingerprint density at radius 1 is 1.58 bits per heavy atom. The SMILES string of the molecule is N#CNCC(=O)N1CCOCC1. The number of nitrogens with one attached hydrogen (secondary N) is 1. The molecule has 5 heteroatoms. The van der Waals surface area contributed by atoms with Crippen molar-refractivity contribution in [2.24, 2.45) is 0 Å². The summed E-state index contributed by atoms with van der Waals surface area (Å²) in [7, 11) is 0. The molecule has 1 rings (SSSR count). The minimum absolute atomic E-state index is 0.0418. The normalized spacial score (nSPS) is 16.8.